The second-order valence-corrected chi connectivity index (χ2v) is 4.29. The maximum Gasteiger partial charge on any atom is 0.324 e. The first-order valence-corrected chi connectivity index (χ1v) is 5.11. The Morgan fingerprint density at radius 3 is 2.53 bits per heavy atom. The van der Waals surface area contributed by atoms with Crippen molar-refractivity contribution in [2.45, 2.75) is 18.4 Å². The maximum absolute atomic E-state index is 11.0. The number of anilines is 1. The normalized spacial score (nSPS) is 21.9. The molecular formula is C11H13N3O3. The third-order valence-electron chi connectivity index (χ3n) is 2.91. The smallest absolute Gasteiger partial charge is 0.324 e. The van der Waals surface area contributed by atoms with E-state index >= 15 is 0 Å². The summed E-state index contributed by atoms with van der Waals surface area (Å²) in [4.78, 5) is 21.7. The zero-order chi connectivity index (χ0) is 12.6. The lowest BCUT2D eigenvalue weighted by molar-refractivity contribution is -0.142. The van der Waals surface area contributed by atoms with E-state index in [9.17, 15) is 9.59 Å². The number of carbonyl (C=O) groups is 2. The molecule has 6 heteroatoms. The van der Waals surface area contributed by atoms with Gasteiger partial charge in [0.2, 0.25) is 0 Å². The fourth-order valence-corrected chi connectivity index (χ4v) is 2.08. The SMILES string of the molecule is NC(=O)Nc1ccc2c(c1)CC(N)(C(=O)O)C2. The van der Waals surface area contributed by atoms with E-state index in [-0.39, 0.29) is 6.42 Å². The quantitative estimate of drug-likeness (QED) is 0.579. The highest BCUT2D eigenvalue weighted by molar-refractivity contribution is 5.88. The van der Waals surface area contributed by atoms with Crippen LogP contribution in [-0.4, -0.2) is 22.6 Å². The molecule has 1 aliphatic rings. The highest BCUT2D eigenvalue weighted by Crippen LogP contribution is 2.30. The highest BCUT2D eigenvalue weighted by Gasteiger charge is 2.40. The minimum absolute atomic E-state index is 0.256. The topological polar surface area (TPSA) is 118 Å². The number of fused-ring (bicyclic) bond motifs is 1. The number of carboxylic acid groups (broad SMARTS) is 1. The van der Waals surface area contributed by atoms with E-state index in [1.165, 1.54) is 0 Å². The van der Waals surface area contributed by atoms with Crippen LogP contribution in [0.1, 0.15) is 11.1 Å². The van der Waals surface area contributed by atoms with E-state index in [4.69, 9.17) is 16.6 Å². The summed E-state index contributed by atoms with van der Waals surface area (Å²) in [6.45, 7) is 0. The van der Waals surface area contributed by atoms with Gasteiger partial charge in [-0.2, -0.15) is 0 Å². The number of carbonyl (C=O) groups excluding carboxylic acids is 1. The molecule has 0 spiro atoms. The van der Waals surface area contributed by atoms with E-state index < -0.39 is 17.5 Å². The van der Waals surface area contributed by atoms with Crippen LogP contribution in [0.15, 0.2) is 18.2 Å². The molecule has 1 aromatic carbocycles. The van der Waals surface area contributed by atoms with Crippen molar-refractivity contribution in [1.82, 2.24) is 0 Å². The molecule has 6 N–H and O–H groups in total. The van der Waals surface area contributed by atoms with Crippen molar-refractivity contribution in [1.29, 1.82) is 0 Å². The lowest BCUT2D eigenvalue weighted by atomic mass is 9.98. The highest BCUT2D eigenvalue weighted by atomic mass is 16.4. The molecule has 1 aliphatic carbocycles. The number of aliphatic carboxylic acids is 1. The molecule has 2 rings (SSSR count). The molecule has 0 radical (unpaired) electrons. The van der Waals surface area contributed by atoms with Crippen LogP contribution in [0.25, 0.3) is 0 Å². The Bertz CT molecular complexity index is 501. The van der Waals surface area contributed by atoms with E-state index in [1.54, 1.807) is 18.2 Å². The first kappa shape index (κ1) is 11.4. The Hall–Kier alpha value is -2.08. The summed E-state index contributed by atoms with van der Waals surface area (Å²) in [5.74, 6) is -1.02. The number of benzene rings is 1. The molecule has 17 heavy (non-hydrogen) atoms. The molecule has 0 aliphatic heterocycles. The number of rotatable bonds is 2. The fourth-order valence-electron chi connectivity index (χ4n) is 2.08. The summed E-state index contributed by atoms with van der Waals surface area (Å²) < 4.78 is 0. The number of hydrogen-bond donors (Lipinski definition) is 4. The van der Waals surface area contributed by atoms with Gasteiger partial charge in [0, 0.05) is 18.5 Å². The van der Waals surface area contributed by atoms with Crippen LogP contribution in [0.4, 0.5) is 10.5 Å². The van der Waals surface area contributed by atoms with E-state index in [0.717, 1.165) is 11.1 Å². The molecule has 1 unspecified atom stereocenters. The van der Waals surface area contributed by atoms with Crippen LogP contribution in [0, 0.1) is 0 Å². The van der Waals surface area contributed by atoms with E-state index in [2.05, 4.69) is 5.32 Å². The van der Waals surface area contributed by atoms with Crippen molar-refractivity contribution in [3.63, 3.8) is 0 Å². The predicted octanol–water partition coefficient (Wildman–Crippen LogP) is 0.0579. The zero-order valence-corrected chi connectivity index (χ0v) is 9.06. The monoisotopic (exact) mass is 235 g/mol. The van der Waals surface area contributed by atoms with Gasteiger partial charge >= 0.3 is 12.0 Å². The second-order valence-electron chi connectivity index (χ2n) is 4.29. The molecule has 0 bridgehead atoms. The van der Waals surface area contributed by atoms with Gasteiger partial charge in [-0.15, -0.1) is 0 Å². The van der Waals surface area contributed by atoms with Gasteiger partial charge in [0.1, 0.15) is 5.54 Å². The minimum Gasteiger partial charge on any atom is -0.480 e. The predicted molar refractivity (Wildman–Crippen MR) is 61.6 cm³/mol. The Morgan fingerprint density at radius 1 is 1.29 bits per heavy atom. The second kappa shape index (κ2) is 3.74. The van der Waals surface area contributed by atoms with Crippen molar-refractivity contribution in [2.24, 2.45) is 11.5 Å². The zero-order valence-electron chi connectivity index (χ0n) is 9.06. The van der Waals surface area contributed by atoms with Crippen LogP contribution in [0.2, 0.25) is 0 Å². The summed E-state index contributed by atoms with van der Waals surface area (Å²) in [5, 5.41) is 11.5. The number of amides is 2. The van der Waals surface area contributed by atoms with Crippen molar-refractivity contribution in [3.8, 4) is 0 Å². The molecule has 0 saturated heterocycles. The summed E-state index contributed by atoms with van der Waals surface area (Å²) >= 11 is 0. The summed E-state index contributed by atoms with van der Waals surface area (Å²) in [6, 6.07) is 4.49. The molecule has 6 nitrogen and oxygen atoms in total. The lowest BCUT2D eigenvalue weighted by Gasteiger charge is -2.16. The molecule has 1 aromatic rings. The van der Waals surface area contributed by atoms with Gasteiger partial charge in [-0.1, -0.05) is 6.07 Å². The standard InChI is InChI=1S/C11H13N3O3/c12-10(17)14-8-2-1-6-4-11(13,9(15)16)5-7(6)3-8/h1-3H,4-5,13H2,(H,15,16)(H3,12,14,17). The first-order chi connectivity index (χ1) is 7.90. The van der Waals surface area contributed by atoms with Gasteiger partial charge in [0.25, 0.3) is 0 Å². The van der Waals surface area contributed by atoms with Crippen molar-refractivity contribution in [3.05, 3.63) is 29.3 Å². The van der Waals surface area contributed by atoms with Crippen LogP contribution in [0.3, 0.4) is 0 Å². The number of primary amides is 1. The van der Waals surface area contributed by atoms with Gasteiger partial charge in [0.05, 0.1) is 0 Å². The largest absolute Gasteiger partial charge is 0.480 e. The molecule has 0 aromatic heterocycles. The Morgan fingerprint density at radius 2 is 1.94 bits per heavy atom. The Labute approximate surface area is 97.6 Å². The average molecular weight is 235 g/mol. The number of carboxylic acids is 1. The van der Waals surface area contributed by atoms with E-state index in [1.807, 2.05) is 0 Å². The summed E-state index contributed by atoms with van der Waals surface area (Å²) in [6.07, 6.45) is 0.556. The summed E-state index contributed by atoms with van der Waals surface area (Å²) in [5.41, 5.74) is 11.8. The molecule has 2 amide bonds. The molecule has 1 atom stereocenters. The van der Waals surface area contributed by atoms with Gasteiger partial charge in [-0.05, 0) is 23.3 Å². The third kappa shape index (κ3) is 2.07. The maximum atomic E-state index is 11.0. The lowest BCUT2D eigenvalue weighted by Crippen LogP contribution is -2.48. The Kier molecular flexibility index (Phi) is 2.51. The van der Waals surface area contributed by atoms with Crippen molar-refractivity contribution in [2.75, 3.05) is 5.32 Å². The van der Waals surface area contributed by atoms with Crippen LogP contribution >= 0.6 is 0 Å². The number of nitrogens with one attached hydrogen (secondary N) is 1. The van der Waals surface area contributed by atoms with Crippen LogP contribution < -0.4 is 16.8 Å². The first-order valence-electron chi connectivity index (χ1n) is 5.11. The average Bonchev–Trinajstić information content (AvgIpc) is 2.54. The van der Waals surface area contributed by atoms with Crippen LogP contribution in [-0.2, 0) is 17.6 Å². The van der Waals surface area contributed by atoms with E-state index in [0.29, 0.717) is 12.1 Å². The molecule has 90 valence electrons. The molecule has 0 fully saturated rings. The molecular weight excluding hydrogens is 222 g/mol. The van der Waals surface area contributed by atoms with Gasteiger partial charge in [-0.25, -0.2) is 4.79 Å². The van der Waals surface area contributed by atoms with Crippen LogP contribution in [0.5, 0.6) is 0 Å². The number of urea groups is 1. The van der Waals surface area contributed by atoms with Gasteiger partial charge in [0.15, 0.2) is 0 Å². The minimum atomic E-state index is -1.24. The third-order valence-corrected chi connectivity index (χ3v) is 2.91. The van der Waals surface area contributed by atoms with Crippen molar-refractivity contribution >= 4 is 17.7 Å². The Balaban J connectivity index is 2.28. The number of nitrogens with two attached hydrogens (primary N) is 2. The molecule has 0 saturated carbocycles. The van der Waals surface area contributed by atoms with Gasteiger partial charge in [-0.3, -0.25) is 4.79 Å². The molecule has 0 heterocycles. The number of hydrogen-bond acceptors (Lipinski definition) is 3. The summed E-state index contributed by atoms with van der Waals surface area (Å²) in [7, 11) is 0. The van der Waals surface area contributed by atoms with Gasteiger partial charge < -0.3 is 21.9 Å². The van der Waals surface area contributed by atoms with Crippen molar-refractivity contribution < 1.29 is 14.7 Å². The fraction of sp³-hybridized carbons (Fsp3) is 0.273.